The molecular weight excluding hydrogens is 428 g/mol. The summed E-state index contributed by atoms with van der Waals surface area (Å²) in [5.74, 6) is -0.771. The highest BCUT2D eigenvalue weighted by Gasteiger charge is 2.39. The van der Waals surface area contributed by atoms with E-state index in [2.05, 4.69) is 33.3 Å². The molecule has 2 fully saturated rings. The van der Waals surface area contributed by atoms with Crippen LogP contribution < -0.4 is 10.2 Å². The Kier molecular flexibility index (Phi) is 5.61. The third-order valence-electron chi connectivity index (χ3n) is 6.56. The lowest BCUT2D eigenvalue weighted by molar-refractivity contribution is -0.136. The minimum atomic E-state index is -0.572. The molecule has 2 saturated heterocycles. The van der Waals surface area contributed by atoms with Crippen LogP contribution in [0.3, 0.4) is 0 Å². The van der Waals surface area contributed by atoms with Crippen molar-refractivity contribution in [1.82, 2.24) is 15.1 Å². The monoisotopic (exact) mass is 452 g/mol. The van der Waals surface area contributed by atoms with E-state index in [1.807, 2.05) is 24.3 Å². The van der Waals surface area contributed by atoms with Crippen molar-refractivity contribution < 1.29 is 14.4 Å². The van der Waals surface area contributed by atoms with E-state index in [-0.39, 0.29) is 24.1 Å². The number of nitrogens with one attached hydrogen (secondary N) is 1. The van der Waals surface area contributed by atoms with Crippen molar-refractivity contribution in [3.05, 3.63) is 64.2 Å². The molecule has 0 radical (unpaired) electrons. The van der Waals surface area contributed by atoms with Gasteiger partial charge in [0.05, 0.1) is 0 Å². The summed E-state index contributed by atoms with van der Waals surface area (Å²) in [5, 5.41) is 3.10. The van der Waals surface area contributed by atoms with Gasteiger partial charge in [0.15, 0.2) is 0 Å². The van der Waals surface area contributed by atoms with Crippen LogP contribution in [0.15, 0.2) is 42.5 Å². The van der Waals surface area contributed by atoms with Crippen molar-refractivity contribution in [2.45, 2.75) is 32.0 Å². The van der Waals surface area contributed by atoms with E-state index in [1.165, 1.54) is 11.3 Å². The Balaban J connectivity index is 1.21. The molecule has 0 aromatic heterocycles. The Bertz CT molecular complexity index is 1060. The Morgan fingerprint density at radius 2 is 1.72 bits per heavy atom. The van der Waals surface area contributed by atoms with E-state index < -0.39 is 6.04 Å². The zero-order chi connectivity index (χ0) is 22.2. The summed E-state index contributed by atoms with van der Waals surface area (Å²) in [4.78, 5) is 42.9. The van der Waals surface area contributed by atoms with E-state index >= 15 is 0 Å². The highest BCUT2D eigenvalue weighted by molar-refractivity contribution is 6.30. The zero-order valence-electron chi connectivity index (χ0n) is 17.7. The molecule has 3 heterocycles. The Morgan fingerprint density at radius 3 is 2.44 bits per heavy atom. The van der Waals surface area contributed by atoms with Crippen LogP contribution in [0.5, 0.6) is 0 Å². The number of imide groups is 1. The maximum atomic E-state index is 12.9. The van der Waals surface area contributed by atoms with Gasteiger partial charge in [-0.2, -0.15) is 0 Å². The molecule has 0 aliphatic carbocycles. The number of hydrogen-bond acceptors (Lipinski definition) is 5. The van der Waals surface area contributed by atoms with Crippen molar-refractivity contribution in [3.8, 4) is 0 Å². The lowest BCUT2D eigenvalue weighted by atomic mass is 10.0. The number of benzene rings is 2. The highest BCUT2D eigenvalue weighted by Crippen LogP contribution is 2.29. The number of nitrogens with zero attached hydrogens (tertiary/aromatic N) is 3. The van der Waals surface area contributed by atoms with Crippen LogP contribution in [-0.4, -0.2) is 59.7 Å². The Hall–Kier alpha value is -2.90. The van der Waals surface area contributed by atoms with Crippen LogP contribution in [-0.2, 0) is 22.7 Å². The summed E-state index contributed by atoms with van der Waals surface area (Å²) in [5.41, 5.74) is 3.98. The predicted octanol–water partition coefficient (Wildman–Crippen LogP) is 2.42. The van der Waals surface area contributed by atoms with Crippen molar-refractivity contribution in [2.75, 3.05) is 31.1 Å². The van der Waals surface area contributed by atoms with Crippen molar-refractivity contribution in [2.24, 2.45) is 0 Å². The first-order valence-corrected chi connectivity index (χ1v) is 11.3. The molecule has 0 bridgehead atoms. The smallest absolute Gasteiger partial charge is 0.255 e. The molecule has 5 rings (SSSR count). The molecule has 32 heavy (non-hydrogen) atoms. The summed E-state index contributed by atoms with van der Waals surface area (Å²) in [6, 6.07) is 13.4. The van der Waals surface area contributed by atoms with Crippen molar-refractivity contribution in [1.29, 1.82) is 0 Å². The van der Waals surface area contributed by atoms with Crippen LogP contribution >= 0.6 is 11.6 Å². The number of carbonyl (C=O) groups is 3. The van der Waals surface area contributed by atoms with Gasteiger partial charge in [-0.15, -0.1) is 0 Å². The fourth-order valence-corrected chi connectivity index (χ4v) is 4.93. The topological polar surface area (TPSA) is 73.0 Å². The largest absolute Gasteiger partial charge is 0.369 e. The molecule has 7 nitrogen and oxygen atoms in total. The SMILES string of the molecule is O=C1CCC(N2Cc3cc(CN4CCN(c5ccc(Cl)cc5)CC4)ccc3C2=O)C(=O)N1. The third kappa shape index (κ3) is 4.10. The molecule has 2 aromatic rings. The summed E-state index contributed by atoms with van der Waals surface area (Å²) in [6.07, 6.45) is 0.652. The first-order chi connectivity index (χ1) is 15.5. The normalized spacial score (nSPS) is 21.7. The second-order valence-electron chi connectivity index (χ2n) is 8.63. The molecule has 0 spiro atoms. The Morgan fingerprint density at radius 1 is 0.969 bits per heavy atom. The van der Waals surface area contributed by atoms with Crippen LogP contribution in [0, 0.1) is 0 Å². The van der Waals surface area contributed by atoms with Gasteiger partial charge in [-0.3, -0.25) is 24.6 Å². The fraction of sp³-hybridized carbons (Fsp3) is 0.375. The molecule has 166 valence electrons. The number of rotatable bonds is 4. The van der Waals surface area contributed by atoms with Gasteiger partial charge in [0.1, 0.15) is 6.04 Å². The molecule has 1 atom stereocenters. The quantitative estimate of drug-likeness (QED) is 0.721. The van der Waals surface area contributed by atoms with Crippen molar-refractivity contribution >= 4 is 35.0 Å². The molecule has 1 unspecified atom stereocenters. The fourth-order valence-electron chi connectivity index (χ4n) is 4.80. The number of anilines is 1. The van der Waals surface area contributed by atoms with Crippen LogP contribution in [0.25, 0.3) is 0 Å². The van der Waals surface area contributed by atoms with Gasteiger partial charge >= 0.3 is 0 Å². The number of piperazine rings is 1. The zero-order valence-corrected chi connectivity index (χ0v) is 18.5. The van der Waals surface area contributed by atoms with E-state index in [1.54, 1.807) is 4.90 Å². The third-order valence-corrected chi connectivity index (χ3v) is 6.81. The standard InChI is InChI=1S/C24H25ClN4O3/c25-18-2-4-19(5-3-18)28-11-9-27(10-12-28)14-16-1-6-20-17(13-16)15-29(24(20)32)21-7-8-22(30)26-23(21)31/h1-6,13,21H,7-12,14-15H2,(H,26,30,31). The Labute approximate surface area is 191 Å². The highest BCUT2D eigenvalue weighted by atomic mass is 35.5. The second kappa shape index (κ2) is 8.56. The molecule has 3 amide bonds. The van der Waals surface area contributed by atoms with Crippen LogP contribution in [0.2, 0.25) is 5.02 Å². The summed E-state index contributed by atoms with van der Waals surface area (Å²) in [6.45, 7) is 5.07. The minimum Gasteiger partial charge on any atom is -0.369 e. The molecule has 2 aromatic carbocycles. The van der Waals surface area contributed by atoms with Crippen molar-refractivity contribution in [3.63, 3.8) is 0 Å². The second-order valence-corrected chi connectivity index (χ2v) is 9.07. The number of fused-ring (bicyclic) bond motifs is 1. The lowest BCUT2D eigenvalue weighted by Gasteiger charge is -2.36. The molecule has 8 heteroatoms. The number of piperidine rings is 1. The number of halogens is 1. The number of amides is 3. The maximum absolute atomic E-state index is 12.9. The van der Waals surface area contributed by atoms with Gasteiger partial charge in [-0.05, 0) is 47.9 Å². The minimum absolute atomic E-state index is 0.127. The summed E-state index contributed by atoms with van der Waals surface area (Å²) >= 11 is 6.00. The molecule has 0 saturated carbocycles. The van der Waals surface area contributed by atoms with Gasteiger partial charge in [-0.25, -0.2) is 0 Å². The van der Waals surface area contributed by atoms with E-state index in [9.17, 15) is 14.4 Å². The average molecular weight is 453 g/mol. The summed E-state index contributed by atoms with van der Waals surface area (Å²) < 4.78 is 0. The number of carbonyl (C=O) groups excluding carboxylic acids is 3. The van der Waals surface area contributed by atoms with Gasteiger partial charge in [0.2, 0.25) is 11.8 Å². The maximum Gasteiger partial charge on any atom is 0.255 e. The predicted molar refractivity (Wildman–Crippen MR) is 121 cm³/mol. The average Bonchev–Trinajstić information content (AvgIpc) is 3.10. The van der Waals surface area contributed by atoms with Gasteiger partial charge in [0, 0.05) is 62.0 Å². The van der Waals surface area contributed by atoms with E-state index in [0.717, 1.165) is 43.3 Å². The molecular formula is C24H25ClN4O3. The van der Waals surface area contributed by atoms with E-state index in [4.69, 9.17) is 11.6 Å². The molecule has 1 N–H and O–H groups in total. The van der Waals surface area contributed by atoms with Gasteiger partial charge in [-0.1, -0.05) is 23.7 Å². The first-order valence-electron chi connectivity index (χ1n) is 11.0. The molecule has 3 aliphatic rings. The molecule has 3 aliphatic heterocycles. The van der Waals surface area contributed by atoms with Gasteiger partial charge in [0.25, 0.3) is 5.91 Å². The summed E-state index contributed by atoms with van der Waals surface area (Å²) in [7, 11) is 0. The van der Waals surface area contributed by atoms with Crippen LogP contribution in [0.4, 0.5) is 5.69 Å². The van der Waals surface area contributed by atoms with Gasteiger partial charge < -0.3 is 9.80 Å². The number of hydrogen-bond donors (Lipinski definition) is 1. The van der Waals surface area contributed by atoms with E-state index in [0.29, 0.717) is 18.5 Å². The lowest BCUT2D eigenvalue weighted by Crippen LogP contribution is -2.52. The first kappa shape index (κ1) is 21.0. The van der Waals surface area contributed by atoms with Crippen LogP contribution in [0.1, 0.15) is 34.3 Å².